The first-order chi connectivity index (χ1) is 42.1. The average Bonchev–Trinajstić information content (AvgIpc) is 1.80. The highest BCUT2D eigenvalue weighted by Crippen LogP contribution is 2.39. The van der Waals surface area contributed by atoms with E-state index in [1.165, 1.54) is 15.4 Å². The molecular formula is C72H106N2O14. The molecule has 88 heavy (non-hydrogen) atoms. The maximum absolute atomic E-state index is 14.2. The lowest BCUT2D eigenvalue weighted by Crippen LogP contribution is -2.62. The van der Waals surface area contributed by atoms with Gasteiger partial charge in [-0.15, -0.1) is 0 Å². The molecule has 2 amide bonds. The molecule has 0 spiro atoms. The molecule has 6 aliphatic heterocycles. The molecule has 16 heteroatoms. The third-order valence-electron chi connectivity index (χ3n) is 20.5. The molecule has 0 radical (unpaired) electrons. The van der Waals surface area contributed by atoms with Gasteiger partial charge in [0.25, 0.3) is 11.8 Å². The summed E-state index contributed by atoms with van der Waals surface area (Å²) >= 11 is 0. The van der Waals surface area contributed by atoms with E-state index in [0.717, 1.165) is 76.2 Å². The number of aliphatic hydroxyl groups is 4. The van der Waals surface area contributed by atoms with E-state index in [9.17, 15) is 49.2 Å². The summed E-state index contributed by atoms with van der Waals surface area (Å²) in [4.78, 5) is 85.9. The van der Waals surface area contributed by atoms with E-state index in [-0.39, 0.29) is 48.8 Å². The molecule has 5 saturated heterocycles. The quantitative estimate of drug-likeness (QED) is 0.110. The van der Waals surface area contributed by atoms with E-state index in [4.69, 9.17) is 18.9 Å². The van der Waals surface area contributed by atoms with Crippen molar-refractivity contribution >= 4 is 35.3 Å². The predicted molar refractivity (Wildman–Crippen MR) is 337 cm³/mol. The second-order valence-electron chi connectivity index (χ2n) is 26.9. The molecule has 4 bridgehead atoms. The summed E-state index contributed by atoms with van der Waals surface area (Å²) in [5, 5.41) is 46.1. The molecule has 0 aromatic heterocycles. The zero-order valence-electron chi connectivity index (χ0n) is 54.1. The van der Waals surface area contributed by atoms with Crippen molar-refractivity contribution in [1.29, 1.82) is 0 Å². The van der Waals surface area contributed by atoms with Crippen LogP contribution >= 0.6 is 0 Å². The van der Waals surface area contributed by atoms with Gasteiger partial charge in [-0.1, -0.05) is 154 Å². The topological polar surface area (TPSA) is 227 Å². The molecule has 2 aromatic rings. The standard InChI is InChI=1S/C36H55NO7.C36H51NO7/c2*1-5-28(23-27-16-10-8-11-17-27)31-19-12-7-6-9-15-24(2)32(38)26(4)30-21-20-25(3)33(39)36(42,44-30)35(41)37-22-14-13-18-29(37)34(40)43-31/h8,10-11,16-17,24-26,28-32,38,42H,5-7,9,12-15,18-23H2,1-4H3;6,8-12,16-17,19,24-26,28-32,38,42H,5,7,13-15,18,20-23H2,1-4H3/b;9-6+,19-12+/t2*24-,25-,26+,28-,29?,30+,31+,32+,36?/m11/s1. The molecule has 5 fully saturated rings. The number of allylic oxidation sites excluding steroid dienone is 3. The van der Waals surface area contributed by atoms with Crippen LogP contribution in [0.4, 0.5) is 0 Å². The number of hydrogen-bond donors (Lipinski definition) is 4. The average molecular weight is 1220 g/mol. The Labute approximate surface area is 524 Å². The maximum Gasteiger partial charge on any atom is 0.329 e. The first-order valence-corrected chi connectivity index (χ1v) is 33.8. The van der Waals surface area contributed by atoms with Crippen LogP contribution in [0.2, 0.25) is 0 Å². The number of piperidine rings is 2. The molecule has 18 atom stereocenters. The van der Waals surface area contributed by atoms with Crippen molar-refractivity contribution in [2.24, 2.45) is 47.3 Å². The van der Waals surface area contributed by atoms with Crippen molar-refractivity contribution in [3.63, 3.8) is 0 Å². The zero-order valence-corrected chi connectivity index (χ0v) is 54.1. The van der Waals surface area contributed by atoms with Gasteiger partial charge >= 0.3 is 23.5 Å². The summed E-state index contributed by atoms with van der Waals surface area (Å²) in [5.41, 5.74) is 2.34. The molecule has 6 aliphatic rings. The van der Waals surface area contributed by atoms with E-state index in [1.807, 2.05) is 88.4 Å². The van der Waals surface area contributed by atoms with Gasteiger partial charge in [-0.05, 0) is 157 Å². The van der Waals surface area contributed by atoms with Gasteiger partial charge in [0.05, 0.1) is 24.4 Å². The minimum Gasteiger partial charge on any atom is -0.461 e. The lowest BCUT2D eigenvalue weighted by atomic mass is 9.84. The number of hydrogen-bond acceptors (Lipinski definition) is 14. The molecule has 0 saturated carbocycles. The summed E-state index contributed by atoms with van der Waals surface area (Å²) in [6.07, 6.45) is 19.5. The van der Waals surface area contributed by atoms with Crippen molar-refractivity contribution in [3.05, 3.63) is 96.1 Å². The summed E-state index contributed by atoms with van der Waals surface area (Å²) in [6.45, 7) is 15.7. The van der Waals surface area contributed by atoms with E-state index < -0.39 is 107 Å². The number of ether oxygens (including phenoxy) is 4. The van der Waals surface area contributed by atoms with Gasteiger partial charge in [-0.2, -0.15) is 0 Å². The number of benzene rings is 2. The number of carbonyl (C=O) groups excluding carboxylic acids is 6. The van der Waals surface area contributed by atoms with Gasteiger partial charge in [0, 0.05) is 42.7 Å². The lowest BCUT2D eigenvalue weighted by molar-refractivity contribution is -0.237. The van der Waals surface area contributed by atoms with Crippen LogP contribution in [0.1, 0.15) is 195 Å². The van der Waals surface area contributed by atoms with E-state index in [1.54, 1.807) is 13.8 Å². The number of rotatable bonds is 8. The number of carbonyl (C=O) groups is 6. The van der Waals surface area contributed by atoms with E-state index >= 15 is 0 Å². The van der Waals surface area contributed by atoms with Gasteiger partial charge in [-0.25, -0.2) is 9.59 Å². The van der Waals surface area contributed by atoms with Crippen LogP contribution < -0.4 is 0 Å². The highest BCUT2D eigenvalue weighted by Gasteiger charge is 2.57. The van der Waals surface area contributed by atoms with Gasteiger partial charge in [0.1, 0.15) is 24.3 Å². The van der Waals surface area contributed by atoms with Crippen molar-refractivity contribution < 1.29 is 68.1 Å². The van der Waals surface area contributed by atoms with Crippen LogP contribution in [0.25, 0.3) is 0 Å². The second kappa shape index (κ2) is 33.3. The van der Waals surface area contributed by atoms with Crippen LogP contribution in [-0.2, 0) is 60.6 Å². The van der Waals surface area contributed by atoms with E-state index in [2.05, 4.69) is 38.1 Å². The number of ketones is 2. The van der Waals surface area contributed by atoms with Gasteiger partial charge in [-0.3, -0.25) is 19.2 Å². The maximum atomic E-state index is 14.2. The molecule has 4 unspecified atom stereocenters. The first kappa shape index (κ1) is 70.4. The van der Waals surface area contributed by atoms with Crippen LogP contribution in [0.3, 0.4) is 0 Å². The number of aliphatic hydroxyl groups excluding tert-OH is 2. The molecule has 488 valence electrons. The van der Waals surface area contributed by atoms with Gasteiger partial charge in [0.2, 0.25) is 11.6 Å². The van der Waals surface area contributed by atoms with Crippen molar-refractivity contribution in [2.45, 2.75) is 257 Å². The fourth-order valence-corrected chi connectivity index (χ4v) is 14.4. The van der Waals surface area contributed by atoms with E-state index in [0.29, 0.717) is 70.6 Å². The van der Waals surface area contributed by atoms with Crippen LogP contribution in [-0.4, -0.2) is 139 Å². The summed E-state index contributed by atoms with van der Waals surface area (Å²) in [5.74, 6) is -11.7. The van der Waals surface area contributed by atoms with Crippen LogP contribution in [0.5, 0.6) is 0 Å². The second-order valence-corrected chi connectivity index (χ2v) is 26.9. The number of fused-ring (bicyclic) bond motifs is 6. The Balaban J connectivity index is 0.000000251. The molecule has 6 heterocycles. The lowest BCUT2D eigenvalue weighted by Gasteiger charge is -2.41. The van der Waals surface area contributed by atoms with Gasteiger partial charge in [0.15, 0.2) is 0 Å². The number of amides is 2. The minimum atomic E-state index is -2.74. The van der Waals surface area contributed by atoms with Gasteiger partial charge < -0.3 is 49.2 Å². The largest absolute Gasteiger partial charge is 0.461 e. The Morgan fingerprint density at radius 3 is 1.47 bits per heavy atom. The normalized spacial score (nSPS) is 36.3. The predicted octanol–water partition coefficient (Wildman–Crippen LogP) is 10.8. The Bertz CT molecular complexity index is 2630. The zero-order chi connectivity index (χ0) is 63.7. The smallest absolute Gasteiger partial charge is 0.329 e. The summed E-state index contributed by atoms with van der Waals surface area (Å²) in [7, 11) is 0. The Kier molecular flexibility index (Phi) is 26.6. The highest BCUT2D eigenvalue weighted by molar-refractivity contribution is 6.10. The fourth-order valence-electron chi connectivity index (χ4n) is 14.4. The summed E-state index contributed by atoms with van der Waals surface area (Å²) < 4.78 is 24.7. The van der Waals surface area contributed by atoms with Crippen LogP contribution in [0.15, 0.2) is 85.0 Å². The van der Waals surface area contributed by atoms with Crippen LogP contribution in [0, 0.1) is 47.3 Å². The number of esters is 2. The molecular weight excluding hydrogens is 1120 g/mol. The minimum absolute atomic E-state index is 0.00294. The molecule has 4 N–H and O–H groups in total. The molecule has 16 nitrogen and oxygen atoms in total. The third-order valence-corrected chi connectivity index (χ3v) is 20.5. The monoisotopic (exact) mass is 1220 g/mol. The van der Waals surface area contributed by atoms with Crippen molar-refractivity contribution in [3.8, 4) is 0 Å². The SMILES string of the molecule is CC[C@H](Cc1ccccc1)[C@@H]1/C=C/C/C=C/C[C@@H](C)[C@H](O)[C@@H](C)[C@@H]2CC[C@@H](C)C(=O)C(O)(O2)C(=O)N2CCCCC2C(=O)O1.CC[C@H](Cc1ccccc1)[C@@H]1CCCCCC[C@@H](C)[C@H](O)[C@@H](C)[C@@H]2CC[C@@H](C)C(=O)C(O)(O2)C(=O)N2CCCCC2C(=O)O1. The Morgan fingerprint density at radius 1 is 0.511 bits per heavy atom. The molecule has 2 aromatic carbocycles. The Hall–Kier alpha value is -5.10. The number of cyclic esters (lactones) is 2. The molecule has 0 aliphatic carbocycles. The molecule has 8 rings (SSSR count). The number of Topliss-reactive ketones (excluding diaryl/α,β-unsaturated/α-hetero) is 2. The fraction of sp³-hybridized carbons (Fsp3) is 0.694. The highest BCUT2D eigenvalue weighted by atomic mass is 16.7. The van der Waals surface area contributed by atoms with Crippen molar-refractivity contribution in [1.82, 2.24) is 9.80 Å². The first-order valence-electron chi connectivity index (χ1n) is 33.8. The number of nitrogens with zero attached hydrogens (tertiary/aromatic N) is 2. The Morgan fingerprint density at radius 2 is 0.966 bits per heavy atom. The van der Waals surface area contributed by atoms with Crippen molar-refractivity contribution in [2.75, 3.05) is 13.1 Å². The summed E-state index contributed by atoms with van der Waals surface area (Å²) in [6, 6.07) is 18.5. The third kappa shape index (κ3) is 17.7.